The molecule has 31 heavy (non-hydrogen) atoms. The number of hydrogen-bond acceptors (Lipinski definition) is 3. The number of hydrogen-bond donors (Lipinski definition) is 1. The second-order valence-corrected chi connectivity index (χ2v) is 9.43. The molecule has 0 bridgehead atoms. The van der Waals surface area contributed by atoms with Gasteiger partial charge in [0.2, 0.25) is 0 Å². The summed E-state index contributed by atoms with van der Waals surface area (Å²) in [6.45, 7) is 7.73. The van der Waals surface area contributed by atoms with E-state index >= 15 is 0 Å². The van der Waals surface area contributed by atoms with Crippen molar-refractivity contribution in [3.8, 4) is 0 Å². The molecule has 0 radical (unpaired) electrons. The lowest BCUT2D eigenvalue weighted by atomic mass is 9.86. The number of nitrogens with one attached hydrogen (secondary N) is 1. The van der Waals surface area contributed by atoms with Crippen molar-refractivity contribution >= 4 is 16.9 Å². The highest BCUT2D eigenvalue weighted by Crippen LogP contribution is 2.31. The minimum absolute atomic E-state index is 0.105. The van der Waals surface area contributed by atoms with Crippen LogP contribution in [0.3, 0.4) is 0 Å². The molecule has 1 aromatic heterocycles. The number of urea groups is 1. The molecule has 1 unspecified atom stereocenters. The largest absolute Gasteiger partial charge is 0.336 e. The maximum Gasteiger partial charge on any atom is 0.317 e. The van der Waals surface area contributed by atoms with Crippen LogP contribution in [0.25, 0.3) is 10.9 Å². The maximum absolute atomic E-state index is 14.1. The van der Waals surface area contributed by atoms with Gasteiger partial charge in [0.1, 0.15) is 5.82 Å². The third-order valence-electron chi connectivity index (χ3n) is 6.84. The van der Waals surface area contributed by atoms with Crippen LogP contribution < -0.4 is 5.32 Å². The molecule has 0 spiro atoms. The van der Waals surface area contributed by atoms with Gasteiger partial charge in [0.15, 0.2) is 0 Å². The van der Waals surface area contributed by atoms with Gasteiger partial charge in [-0.15, -0.1) is 0 Å². The third-order valence-corrected chi connectivity index (χ3v) is 6.84. The lowest BCUT2D eigenvalue weighted by Crippen LogP contribution is -2.52. The van der Waals surface area contributed by atoms with Crippen molar-refractivity contribution in [3.05, 3.63) is 41.8 Å². The van der Waals surface area contributed by atoms with E-state index in [9.17, 15) is 9.18 Å². The van der Waals surface area contributed by atoms with Crippen molar-refractivity contribution < 1.29 is 9.18 Å². The molecule has 2 aromatic rings. The highest BCUT2D eigenvalue weighted by Gasteiger charge is 2.34. The lowest BCUT2D eigenvalue weighted by Gasteiger charge is -2.41. The highest BCUT2D eigenvalue weighted by molar-refractivity contribution is 5.82. The Labute approximate surface area is 185 Å². The van der Waals surface area contributed by atoms with E-state index in [4.69, 9.17) is 0 Å². The quantitative estimate of drug-likeness (QED) is 0.753. The SMILES string of the molecule is CC(C)NC(=O)N1CCCCCC1C1CCN(Cc2ccc(F)c3cccnc23)CC1. The Morgan fingerprint density at radius 3 is 2.71 bits per heavy atom. The summed E-state index contributed by atoms with van der Waals surface area (Å²) >= 11 is 0. The summed E-state index contributed by atoms with van der Waals surface area (Å²) in [7, 11) is 0. The molecule has 5 nitrogen and oxygen atoms in total. The predicted molar refractivity (Wildman–Crippen MR) is 122 cm³/mol. The van der Waals surface area contributed by atoms with Gasteiger partial charge in [-0.1, -0.05) is 18.9 Å². The molecule has 0 aliphatic carbocycles. The molecule has 3 heterocycles. The summed E-state index contributed by atoms with van der Waals surface area (Å²) in [5.41, 5.74) is 1.85. The van der Waals surface area contributed by atoms with Gasteiger partial charge in [0.05, 0.1) is 5.52 Å². The summed E-state index contributed by atoms with van der Waals surface area (Å²) in [5, 5.41) is 3.71. The third kappa shape index (κ3) is 5.17. The first-order valence-electron chi connectivity index (χ1n) is 11.8. The Bertz CT molecular complexity index is 894. The van der Waals surface area contributed by atoms with Crippen LogP contribution in [-0.4, -0.2) is 52.5 Å². The smallest absolute Gasteiger partial charge is 0.317 e. The fourth-order valence-electron chi connectivity index (χ4n) is 5.27. The predicted octanol–water partition coefficient (Wildman–Crippen LogP) is 4.95. The van der Waals surface area contributed by atoms with Gasteiger partial charge in [-0.3, -0.25) is 9.88 Å². The minimum atomic E-state index is -0.210. The molecule has 6 heteroatoms. The fraction of sp³-hybridized carbons (Fsp3) is 0.600. The number of amides is 2. The number of carbonyl (C=O) groups is 1. The first-order valence-corrected chi connectivity index (χ1v) is 11.8. The number of carbonyl (C=O) groups excluding carboxylic acids is 1. The first kappa shape index (κ1) is 22.0. The Balaban J connectivity index is 1.41. The zero-order valence-electron chi connectivity index (χ0n) is 18.8. The number of benzene rings is 1. The molecule has 1 N–H and O–H groups in total. The monoisotopic (exact) mass is 426 g/mol. The normalized spacial score (nSPS) is 21.4. The number of fused-ring (bicyclic) bond motifs is 1. The molecule has 2 fully saturated rings. The van der Waals surface area contributed by atoms with Gasteiger partial charge < -0.3 is 10.2 Å². The van der Waals surface area contributed by atoms with Gasteiger partial charge in [-0.05, 0) is 82.3 Å². The van der Waals surface area contributed by atoms with E-state index in [0.717, 1.165) is 62.9 Å². The van der Waals surface area contributed by atoms with Crippen LogP contribution in [0.1, 0.15) is 57.9 Å². The Hall–Kier alpha value is -2.21. The van der Waals surface area contributed by atoms with Crippen LogP contribution in [0.4, 0.5) is 9.18 Å². The molecule has 0 saturated carbocycles. The zero-order chi connectivity index (χ0) is 21.8. The molecule has 2 amide bonds. The van der Waals surface area contributed by atoms with Crippen molar-refractivity contribution in [2.45, 2.75) is 71.0 Å². The number of halogens is 1. The molecule has 168 valence electrons. The zero-order valence-corrected chi connectivity index (χ0v) is 18.8. The van der Waals surface area contributed by atoms with E-state index in [1.165, 1.54) is 12.8 Å². The van der Waals surface area contributed by atoms with Crippen molar-refractivity contribution in [1.82, 2.24) is 20.1 Å². The molecular weight excluding hydrogens is 391 g/mol. The van der Waals surface area contributed by atoms with E-state index < -0.39 is 0 Å². The Kier molecular flexibility index (Phi) is 7.06. The van der Waals surface area contributed by atoms with E-state index in [1.54, 1.807) is 24.4 Å². The van der Waals surface area contributed by atoms with Gasteiger partial charge in [0, 0.05) is 36.8 Å². The molecular formula is C25H35FN4O. The number of piperidine rings is 1. The van der Waals surface area contributed by atoms with Crippen LogP contribution in [0, 0.1) is 11.7 Å². The number of likely N-dealkylation sites (tertiary alicyclic amines) is 2. The summed E-state index contributed by atoms with van der Waals surface area (Å²) in [6, 6.07) is 7.63. The minimum Gasteiger partial charge on any atom is -0.336 e. The number of pyridine rings is 1. The molecule has 2 saturated heterocycles. The highest BCUT2D eigenvalue weighted by atomic mass is 19.1. The molecule has 1 atom stereocenters. The average Bonchev–Trinajstić information content (AvgIpc) is 3.02. The van der Waals surface area contributed by atoms with Crippen molar-refractivity contribution in [3.63, 3.8) is 0 Å². The first-order chi connectivity index (χ1) is 15.0. The summed E-state index contributed by atoms with van der Waals surface area (Å²) < 4.78 is 14.1. The summed E-state index contributed by atoms with van der Waals surface area (Å²) in [6.07, 6.45) is 8.58. The second-order valence-electron chi connectivity index (χ2n) is 9.43. The van der Waals surface area contributed by atoms with Crippen molar-refractivity contribution in [1.29, 1.82) is 0 Å². The van der Waals surface area contributed by atoms with E-state index in [0.29, 0.717) is 17.3 Å². The topological polar surface area (TPSA) is 48.5 Å². The van der Waals surface area contributed by atoms with E-state index in [1.807, 2.05) is 19.9 Å². The number of rotatable bonds is 4. The summed E-state index contributed by atoms with van der Waals surface area (Å²) in [5.74, 6) is 0.342. The lowest BCUT2D eigenvalue weighted by molar-refractivity contribution is 0.0976. The molecule has 2 aliphatic rings. The molecule has 4 rings (SSSR count). The summed E-state index contributed by atoms with van der Waals surface area (Å²) in [4.78, 5) is 21.9. The Morgan fingerprint density at radius 1 is 1.13 bits per heavy atom. The van der Waals surface area contributed by atoms with E-state index in [2.05, 4.69) is 20.1 Å². The van der Waals surface area contributed by atoms with Crippen LogP contribution in [0.2, 0.25) is 0 Å². The van der Waals surface area contributed by atoms with Crippen LogP contribution in [0.15, 0.2) is 30.5 Å². The number of aromatic nitrogens is 1. The van der Waals surface area contributed by atoms with Gasteiger partial charge in [0.25, 0.3) is 0 Å². The van der Waals surface area contributed by atoms with Crippen LogP contribution in [-0.2, 0) is 6.54 Å². The molecule has 1 aromatic carbocycles. The van der Waals surface area contributed by atoms with Gasteiger partial charge >= 0.3 is 6.03 Å². The fourth-order valence-corrected chi connectivity index (χ4v) is 5.27. The van der Waals surface area contributed by atoms with Crippen molar-refractivity contribution in [2.24, 2.45) is 5.92 Å². The van der Waals surface area contributed by atoms with Crippen molar-refractivity contribution in [2.75, 3.05) is 19.6 Å². The van der Waals surface area contributed by atoms with Gasteiger partial charge in [-0.25, -0.2) is 9.18 Å². The number of nitrogens with zero attached hydrogens (tertiary/aromatic N) is 3. The maximum atomic E-state index is 14.1. The Morgan fingerprint density at radius 2 is 1.94 bits per heavy atom. The van der Waals surface area contributed by atoms with Gasteiger partial charge in [-0.2, -0.15) is 0 Å². The average molecular weight is 427 g/mol. The standard InChI is InChI=1S/C25H35FN4O/c1-18(2)28-25(31)30-14-5-3-4-8-23(30)19-11-15-29(16-12-19)17-20-9-10-22(26)21-7-6-13-27-24(20)21/h6-7,9-10,13,18-19,23H,3-5,8,11-12,14-17H2,1-2H3,(H,28,31). The van der Waals surface area contributed by atoms with E-state index in [-0.39, 0.29) is 17.9 Å². The van der Waals surface area contributed by atoms with Crippen LogP contribution >= 0.6 is 0 Å². The second kappa shape index (κ2) is 9.94. The van der Waals surface area contributed by atoms with Crippen LogP contribution in [0.5, 0.6) is 0 Å². The molecule has 2 aliphatic heterocycles.